The Hall–Kier alpha value is -0.720. The number of rotatable bonds is 11. The van der Waals surface area contributed by atoms with E-state index in [1.54, 1.807) is 0 Å². The van der Waals surface area contributed by atoms with Crippen molar-refractivity contribution in [3.63, 3.8) is 0 Å². The molecule has 0 aliphatic heterocycles. The van der Waals surface area contributed by atoms with E-state index in [1.165, 1.54) is 0 Å². The first-order valence-corrected chi connectivity index (χ1v) is 7.87. The standard InChI is InChI=1S/C12H24NO6P/c1-5-12(14)17-10-11-19-20(15,16)18-9-7-6-8-13(2,3)4/h5H,1,6-11H2,2-4H3/p+1. The summed E-state index contributed by atoms with van der Waals surface area (Å²) in [5.41, 5.74) is 0. The Morgan fingerprint density at radius 3 is 2.35 bits per heavy atom. The van der Waals surface area contributed by atoms with Gasteiger partial charge in [0, 0.05) is 6.08 Å². The van der Waals surface area contributed by atoms with Crippen LogP contribution >= 0.6 is 7.82 Å². The zero-order valence-electron chi connectivity index (χ0n) is 12.4. The Balaban J connectivity index is 3.66. The molecule has 118 valence electrons. The van der Waals surface area contributed by atoms with Crippen LogP contribution in [0.4, 0.5) is 0 Å². The number of hydrogen-bond donors (Lipinski definition) is 1. The summed E-state index contributed by atoms with van der Waals surface area (Å²) in [7, 11) is 2.16. The molecular weight excluding hydrogens is 285 g/mol. The molecule has 20 heavy (non-hydrogen) atoms. The molecule has 0 aromatic rings. The molecule has 0 aromatic heterocycles. The largest absolute Gasteiger partial charge is 0.472 e. The van der Waals surface area contributed by atoms with Gasteiger partial charge in [0.15, 0.2) is 0 Å². The highest BCUT2D eigenvalue weighted by molar-refractivity contribution is 7.47. The van der Waals surface area contributed by atoms with Crippen LogP contribution in [-0.2, 0) is 23.1 Å². The summed E-state index contributed by atoms with van der Waals surface area (Å²) in [5, 5.41) is 0. The molecule has 0 spiro atoms. The van der Waals surface area contributed by atoms with Crippen LogP contribution in [0.1, 0.15) is 12.8 Å². The fourth-order valence-electron chi connectivity index (χ4n) is 1.26. The van der Waals surface area contributed by atoms with E-state index in [1.807, 2.05) is 0 Å². The van der Waals surface area contributed by atoms with Gasteiger partial charge >= 0.3 is 13.8 Å². The van der Waals surface area contributed by atoms with Gasteiger partial charge in [0.05, 0.1) is 40.9 Å². The lowest BCUT2D eigenvalue weighted by atomic mass is 10.3. The monoisotopic (exact) mass is 310 g/mol. The predicted octanol–water partition coefficient (Wildman–Crippen LogP) is 1.34. The van der Waals surface area contributed by atoms with Crippen LogP contribution in [-0.4, -0.2) is 62.9 Å². The summed E-state index contributed by atoms with van der Waals surface area (Å²) in [6.45, 7) is 4.00. The summed E-state index contributed by atoms with van der Waals surface area (Å²) >= 11 is 0. The van der Waals surface area contributed by atoms with Gasteiger partial charge in [-0.1, -0.05) is 6.58 Å². The molecule has 0 amide bonds. The number of hydrogen-bond acceptors (Lipinski definition) is 5. The second-order valence-electron chi connectivity index (χ2n) is 5.23. The number of phosphoric acid groups is 1. The molecule has 0 rings (SSSR count). The zero-order chi connectivity index (χ0) is 15.6. The number of quaternary nitrogens is 1. The van der Waals surface area contributed by atoms with Crippen LogP contribution in [0.25, 0.3) is 0 Å². The number of esters is 1. The Labute approximate surface area is 120 Å². The summed E-state index contributed by atoms with van der Waals surface area (Å²) < 4.78 is 26.3. The van der Waals surface area contributed by atoms with Crippen molar-refractivity contribution in [2.75, 3.05) is 47.5 Å². The Morgan fingerprint density at radius 1 is 1.20 bits per heavy atom. The molecule has 1 atom stereocenters. The lowest BCUT2D eigenvalue weighted by molar-refractivity contribution is -0.870. The van der Waals surface area contributed by atoms with Crippen molar-refractivity contribution in [3.05, 3.63) is 12.7 Å². The smallest absolute Gasteiger partial charge is 0.460 e. The minimum absolute atomic E-state index is 0.125. The van der Waals surface area contributed by atoms with Crippen molar-refractivity contribution in [3.8, 4) is 0 Å². The molecule has 8 heteroatoms. The third kappa shape index (κ3) is 12.3. The molecule has 0 saturated heterocycles. The van der Waals surface area contributed by atoms with Gasteiger partial charge in [-0.05, 0) is 12.8 Å². The van der Waals surface area contributed by atoms with Gasteiger partial charge in [-0.2, -0.15) is 0 Å². The molecule has 0 aliphatic carbocycles. The third-order valence-corrected chi connectivity index (χ3v) is 3.24. The molecule has 1 N–H and O–H groups in total. The number of carbonyl (C=O) groups is 1. The second kappa shape index (κ2) is 9.26. The molecule has 0 heterocycles. The Kier molecular flexibility index (Phi) is 8.93. The summed E-state index contributed by atoms with van der Waals surface area (Å²) in [4.78, 5) is 20.0. The van der Waals surface area contributed by atoms with Crippen molar-refractivity contribution >= 4 is 13.8 Å². The van der Waals surface area contributed by atoms with E-state index in [0.29, 0.717) is 6.42 Å². The summed E-state index contributed by atoms with van der Waals surface area (Å²) in [6.07, 6.45) is 2.57. The van der Waals surface area contributed by atoms with E-state index in [2.05, 4.69) is 37.0 Å². The number of phosphoric ester groups is 1. The van der Waals surface area contributed by atoms with E-state index in [9.17, 15) is 14.3 Å². The van der Waals surface area contributed by atoms with Crippen molar-refractivity contribution in [2.45, 2.75) is 12.8 Å². The molecule has 0 fully saturated rings. The van der Waals surface area contributed by atoms with Crippen LogP contribution < -0.4 is 0 Å². The fraction of sp³-hybridized carbons (Fsp3) is 0.750. The third-order valence-electron chi connectivity index (χ3n) is 2.23. The van der Waals surface area contributed by atoms with Crippen LogP contribution in [0, 0.1) is 0 Å². The van der Waals surface area contributed by atoms with E-state index >= 15 is 0 Å². The maximum absolute atomic E-state index is 11.4. The van der Waals surface area contributed by atoms with Crippen molar-refractivity contribution in [2.24, 2.45) is 0 Å². The van der Waals surface area contributed by atoms with E-state index in [0.717, 1.165) is 23.5 Å². The first-order chi connectivity index (χ1) is 9.16. The molecule has 0 aliphatic rings. The Morgan fingerprint density at radius 2 is 1.80 bits per heavy atom. The quantitative estimate of drug-likeness (QED) is 0.204. The average molecular weight is 310 g/mol. The van der Waals surface area contributed by atoms with Gasteiger partial charge in [-0.25, -0.2) is 9.36 Å². The summed E-state index contributed by atoms with van der Waals surface area (Å²) in [5.74, 6) is -0.609. The van der Waals surface area contributed by atoms with E-state index in [4.69, 9.17) is 4.52 Å². The molecule has 7 nitrogen and oxygen atoms in total. The van der Waals surface area contributed by atoms with E-state index < -0.39 is 13.8 Å². The van der Waals surface area contributed by atoms with Crippen LogP contribution in [0.5, 0.6) is 0 Å². The highest BCUT2D eigenvalue weighted by atomic mass is 31.2. The van der Waals surface area contributed by atoms with Gasteiger partial charge in [-0.15, -0.1) is 0 Å². The zero-order valence-corrected chi connectivity index (χ0v) is 13.3. The Bertz CT molecular complexity index is 352. The lowest BCUT2D eigenvalue weighted by Crippen LogP contribution is -2.35. The van der Waals surface area contributed by atoms with Crippen LogP contribution in [0.2, 0.25) is 0 Å². The highest BCUT2D eigenvalue weighted by Gasteiger charge is 2.20. The van der Waals surface area contributed by atoms with Gasteiger partial charge in [0.2, 0.25) is 0 Å². The van der Waals surface area contributed by atoms with Gasteiger partial charge in [0.1, 0.15) is 6.61 Å². The maximum atomic E-state index is 11.4. The molecule has 1 unspecified atom stereocenters. The topological polar surface area (TPSA) is 82.1 Å². The second-order valence-corrected chi connectivity index (χ2v) is 6.68. The van der Waals surface area contributed by atoms with Crippen molar-refractivity contribution < 1.29 is 32.5 Å². The molecule has 0 radical (unpaired) electrons. The number of carbonyl (C=O) groups excluding carboxylic acids is 1. The number of ether oxygens (including phenoxy) is 1. The summed E-state index contributed by atoms with van der Waals surface area (Å²) in [6, 6.07) is 0. The first kappa shape index (κ1) is 19.3. The van der Waals surface area contributed by atoms with E-state index in [-0.39, 0.29) is 19.8 Å². The maximum Gasteiger partial charge on any atom is 0.472 e. The first-order valence-electron chi connectivity index (χ1n) is 6.38. The van der Waals surface area contributed by atoms with Crippen molar-refractivity contribution in [1.29, 1.82) is 0 Å². The fourth-order valence-corrected chi connectivity index (χ4v) is 2.00. The SMILES string of the molecule is C=CC(=O)OCCOP(=O)(O)OCCCC[N+](C)(C)C. The molecule has 0 aromatic carbocycles. The molecule has 0 saturated carbocycles. The van der Waals surface area contributed by atoms with Crippen LogP contribution in [0.3, 0.4) is 0 Å². The molecule has 0 bridgehead atoms. The molecular formula is C12H25NO6P+. The number of unbranched alkanes of at least 4 members (excludes halogenated alkanes) is 1. The van der Waals surface area contributed by atoms with Gasteiger partial charge < -0.3 is 14.1 Å². The van der Waals surface area contributed by atoms with Crippen LogP contribution in [0.15, 0.2) is 12.7 Å². The predicted molar refractivity (Wildman–Crippen MR) is 75.0 cm³/mol. The lowest BCUT2D eigenvalue weighted by Gasteiger charge is -2.23. The minimum atomic E-state index is -4.06. The number of nitrogens with zero attached hydrogens (tertiary/aromatic N) is 1. The normalized spacial score (nSPS) is 14.6. The van der Waals surface area contributed by atoms with Gasteiger partial charge in [0.25, 0.3) is 0 Å². The van der Waals surface area contributed by atoms with Gasteiger partial charge in [-0.3, -0.25) is 9.05 Å². The van der Waals surface area contributed by atoms with Crippen molar-refractivity contribution in [1.82, 2.24) is 0 Å². The average Bonchev–Trinajstić information content (AvgIpc) is 2.32. The minimum Gasteiger partial charge on any atom is -0.460 e. The highest BCUT2D eigenvalue weighted by Crippen LogP contribution is 2.43.